The van der Waals surface area contributed by atoms with Crippen molar-refractivity contribution in [2.24, 2.45) is 0 Å². The molecular weight excluding hydrogens is 312 g/mol. The van der Waals surface area contributed by atoms with Gasteiger partial charge in [0, 0.05) is 16.7 Å². The number of esters is 1. The predicted molar refractivity (Wildman–Crippen MR) is 94.2 cm³/mol. The lowest BCUT2D eigenvalue weighted by Crippen LogP contribution is -2.33. The molecule has 25 heavy (non-hydrogen) atoms. The van der Waals surface area contributed by atoms with E-state index in [2.05, 4.69) is 12.1 Å². The van der Waals surface area contributed by atoms with E-state index in [1.54, 1.807) is 0 Å². The number of hydrogen-bond donors (Lipinski definition) is 0. The summed E-state index contributed by atoms with van der Waals surface area (Å²) in [5.74, 6) is 1.16. The van der Waals surface area contributed by atoms with Crippen LogP contribution in [0.15, 0.2) is 60.7 Å². The van der Waals surface area contributed by atoms with Crippen molar-refractivity contribution in [3.8, 4) is 11.5 Å². The van der Waals surface area contributed by atoms with Crippen LogP contribution in [0.1, 0.15) is 38.2 Å². The van der Waals surface area contributed by atoms with Gasteiger partial charge in [-0.25, -0.2) is 4.79 Å². The minimum absolute atomic E-state index is 0.294. The maximum Gasteiger partial charge on any atom is 0.340 e. The van der Waals surface area contributed by atoms with Crippen molar-refractivity contribution in [3.63, 3.8) is 0 Å². The number of benzene rings is 3. The zero-order valence-corrected chi connectivity index (χ0v) is 14.0. The molecule has 0 N–H and O–H groups in total. The van der Waals surface area contributed by atoms with E-state index in [0.717, 1.165) is 39.3 Å². The van der Waals surface area contributed by atoms with Gasteiger partial charge in [-0.05, 0) is 44.2 Å². The van der Waals surface area contributed by atoms with Crippen molar-refractivity contribution in [2.75, 3.05) is 0 Å². The molecule has 0 saturated heterocycles. The van der Waals surface area contributed by atoms with E-state index < -0.39 is 5.60 Å². The molecule has 3 aromatic carbocycles. The SMILES string of the molecule is Cc1ccc2c(c1)C1(OC(=O)c3ccccc31)c1cc(C)ccc1O2. The number of fused-ring (bicyclic) bond motifs is 6. The van der Waals surface area contributed by atoms with Gasteiger partial charge in [0.2, 0.25) is 0 Å². The Balaban J connectivity index is 1.93. The van der Waals surface area contributed by atoms with Crippen LogP contribution in [-0.2, 0) is 10.3 Å². The molecular formula is C22H16O3. The lowest BCUT2D eigenvalue weighted by Gasteiger charge is -2.36. The van der Waals surface area contributed by atoms with Gasteiger partial charge in [-0.2, -0.15) is 0 Å². The molecule has 5 rings (SSSR count). The zero-order valence-electron chi connectivity index (χ0n) is 14.0. The van der Waals surface area contributed by atoms with Crippen molar-refractivity contribution in [1.82, 2.24) is 0 Å². The number of rotatable bonds is 0. The fraction of sp³-hybridized carbons (Fsp3) is 0.136. The Morgan fingerprint density at radius 2 is 1.36 bits per heavy atom. The third-order valence-corrected chi connectivity index (χ3v) is 5.02. The topological polar surface area (TPSA) is 35.5 Å². The van der Waals surface area contributed by atoms with Crippen molar-refractivity contribution >= 4 is 5.97 Å². The van der Waals surface area contributed by atoms with Gasteiger partial charge in [0.25, 0.3) is 0 Å². The van der Waals surface area contributed by atoms with Crippen LogP contribution in [0.5, 0.6) is 11.5 Å². The van der Waals surface area contributed by atoms with E-state index in [0.29, 0.717) is 5.56 Å². The van der Waals surface area contributed by atoms with Gasteiger partial charge in [-0.15, -0.1) is 0 Å². The Morgan fingerprint density at radius 1 is 0.760 bits per heavy atom. The molecule has 122 valence electrons. The standard InChI is InChI=1S/C22H16O3/c1-13-7-9-19-17(11-13)22(18-12-14(2)8-10-20(18)24-19)16-6-4-3-5-15(16)21(23)25-22/h3-12H,1-2H3. The average Bonchev–Trinajstić information content (AvgIpc) is 2.91. The molecule has 2 heterocycles. The first-order valence-corrected chi connectivity index (χ1v) is 8.32. The summed E-state index contributed by atoms with van der Waals surface area (Å²) in [6.07, 6.45) is 0. The molecule has 2 aliphatic rings. The molecule has 0 saturated carbocycles. The lowest BCUT2D eigenvalue weighted by molar-refractivity contribution is 0.0224. The first-order valence-electron chi connectivity index (χ1n) is 8.32. The molecule has 3 aromatic rings. The van der Waals surface area contributed by atoms with Crippen molar-refractivity contribution < 1.29 is 14.3 Å². The minimum Gasteiger partial charge on any atom is -0.456 e. The molecule has 0 bridgehead atoms. The van der Waals surface area contributed by atoms with Gasteiger partial charge in [0.15, 0.2) is 5.60 Å². The van der Waals surface area contributed by atoms with Crippen LogP contribution in [-0.4, -0.2) is 5.97 Å². The molecule has 2 aliphatic heterocycles. The summed E-state index contributed by atoms with van der Waals surface area (Å²) in [6.45, 7) is 4.06. The fourth-order valence-electron chi connectivity index (χ4n) is 3.90. The van der Waals surface area contributed by atoms with Crippen molar-refractivity contribution in [3.05, 3.63) is 94.0 Å². The maximum absolute atomic E-state index is 12.7. The van der Waals surface area contributed by atoms with E-state index in [9.17, 15) is 4.79 Å². The highest BCUT2D eigenvalue weighted by atomic mass is 16.6. The highest BCUT2D eigenvalue weighted by Gasteiger charge is 2.53. The zero-order chi connectivity index (χ0) is 17.2. The quantitative estimate of drug-likeness (QED) is 0.552. The monoisotopic (exact) mass is 328 g/mol. The Hall–Kier alpha value is -3.07. The molecule has 1 spiro atoms. The van der Waals surface area contributed by atoms with E-state index in [1.807, 2.05) is 62.4 Å². The van der Waals surface area contributed by atoms with Crippen LogP contribution in [0.2, 0.25) is 0 Å². The van der Waals surface area contributed by atoms with E-state index >= 15 is 0 Å². The Bertz CT molecular complexity index is 997. The Labute approximate surface area is 145 Å². The molecule has 0 atom stereocenters. The minimum atomic E-state index is -0.950. The van der Waals surface area contributed by atoms with Crippen LogP contribution in [0, 0.1) is 13.8 Å². The summed E-state index contributed by atoms with van der Waals surface area (Å²) in [5.41, 5.74) is 4.49. The second-order valence-corrected chi connectivity index (χ2v) is 6.72. The summed E-state index contributed by atoms with van der Waals surface area (Å²) in [5, 5.41) is 0. The second-order valence-electron chi connectivity index (χ2n) is 6.72. The number of hydrogen-bond acceptors (Lipinski definition) is 3. The van der Waals surface area contributed by atoms with Gasteiger partial charge in [-0.1, -0.05) is 41.5 Å². The molecule has 0 unspecified atom stereocenters. The van der Waals surface area contributed by atoms with Gasteiger partial charge in [0.05, 0.1) is 5.56 Å². The first-order chi connectivity index (χ1) is 12.1. The van der Waals surface area contributed by atoms with Gasteiger partial charge in [-0.3, -0.25) is 0 Å². The second kappa shape index (κ2) is 4.73. The van der Waals surface area contributed by atoms with Gasteiger partial charge in [0.1, 0.15) is 11.5 Å². The lowest BCUT2D eigenvalue weighted by atomic mass is 9.77. The van der Waals surface area contributed by atoms with Crippen LogP contribution in [0.4, 0.5) is 0 Å². The van der Waals surface area contributed by atoms with E-state index in [4.69, 9.17) is 9.47 Å². The molecule has 0 aliphatic carbocycles. The van der Waals surface area contributed by atoms with Crippen LogP contribution < -0.4 is 4.74 Å². The Kier molecular flexibility index (Phi) is 2.70. The van der Waals surface area contributed by atoms with Crippen LogP contribution >= 0.6 is 0 Å². The van der Waals surface area contributed by atoms with E-state index in [1.165, 1.54) is 0 Å². The molecule has 0 aromatic heterocycles. The molecule has 0 radical (unpaired) electrons. The summed E-state index contributed by atoms with van der Waals surface area (Å²) in [7, 11) is 0. The number of aryl methyl sites for hydroxylation is 2. The first kappa shape index (κ1) is 14.3. The average molecular weight is 328 g/mol. The third-order valence-electron chi connectivity index (χ3n) is 5.02. The smallest absolute Gasteiger partial charge is 0.340 e. The third kappa shape index (κ3) is 1.78. The number of ether oxygens (including phenoxy) is 2. The van der Waals surface area contributed by atoms with Crippen LogP contribution in [0.3, 0.4) is 0 Å². The maximum atomic E-state index is 12.7. The highest BCUT2D eigenvalue weighted by molar-refractivity contribution is 5.97. The summed E-state index contributed by atoms with van der Waals surface area (Å²) in [6, 6.07) is 19.6. The number of carbonyl (C=O) groups is 1. The molecule has 3 nitrogen and oxygen atoms in total. The van der Waals surface area contributed by atoms with Gasteiger partial charge >= 0.3 is 5.97 Å². The fourth-order valence-corrected chi connectivity index (χ4v) is 3.90. The largest absolute Gasteiger partial charge is 0.456 e. The number of carbonyl (C=O) groups excluding carboxylic acids is 1. The summed E-state index contributed by atoms with van der Waals surface area (Å²) < 4.78 is 12.2. The highest BCUT2D eigenvalue weighted by Crippen LogP contribution is 2.56. The molecule has 0 fully saturated rings. The van der Waals surface area contributed by atoms with Crippen LogP contribution in [0.25, 0.3) is 0 Å². The Morgan fingerprint density at radius 3 is 2.00 bits per heavy atom. The predicted octanol–water partition coefficient (Wildman–Crippen LogP) is 4.87. The van der Waals surface area contributed by atoms with Gasteiger partial charge < -0.3 is 9.47 Å². The molecule has 0 amide bonds. The van der Waals surface area contributed by atoms with Crippen molar-refractivity contribution in [2.45, 2.75) is 19.4 Å². The molecule has 3 heteroatoms. The van der Waals surface area contributed by atoms with E-state index in [-0.39, 0.29) is 5.97 Å². The van der Waals surface area contributed by atoms with Crippen molar-refractivity contribution in [1.29, 1.82) is 0 Å². The normalized spacial score (nSPS) is 15.8. The summed E-state index contributed by atoms with van der Waals surface area (Å²) >= 11 is 0. The summed E-state index contributed by atoms with van der Waals surface area (Å²) in [4.78, 5) is 12.7.